The summed E-state index contributed by atoms with van der Waals surface area (Å²) in [6.45, 7) is 3.17. The fourth-order valence-corrected chi connectivity index (χ4v) is 4.96. The van der Waals surface area contributed by atoms with Crippen molar-refractivity contribution in [2.24, 2.45) is 5.92 Å². The minimum atomic E-state index is -0.933. The molecule has 2 saturated heterocycles. The van der Waals surface area contributed by atoms with Gasteiger partial charge in [-0.3, -0.25) is 14.5 Å². The average molecular weight is 440 g/mol. The highest BCUT2D eigenvalue weighted by atomic mass is 16.5. The molecule has 4 amide bonds. The maximum atomic E-state index is 13.5. The summed E-state index contributed by atoms with van der Waals surface area (Å²) >= 11 is 0. The first kappa shape index (κ1) is 21.9. The Morgan fingerprint density at radius 2 is 1.94 bits per heavy atom. The van der Waals surface area contributed by atoms with Gasteiger partial charge in [-0.2, -0.15) is 0 Å². The average Bonchev–Trinajstić information content (AvgIpc) is 3.42. The van der Waals surface area contributed by atoms with Gasteiger partial charge in [-0.1, -0.05) is 25.5 Å². The molecule has 0 spiro atoms. The fourth-order valence-electron chi connectivity index (χ4n) is 4.96. The number of likely N-dealkylation sites (tertiary alicyclic amines) is 1. The van der Waals surface area contributed by atoms with Crippen molar-refractivity contribution in [3.8, 4) is 5.75 Å². The van der Waals surface area contributed by atoms with Crippen molar-refractivity contribution in [1.82, 2.24) is 15.1 Å². The van der Waals surface area contributed by atoms with E-state index in [2.05, 4.69) is 5.32 Å². The van der Waals surface area contributed by atoms with Crippen LogP contribution in [0.3, 0.4) is 0 Å². The normalized spacial score (nSPS) is 21.7. The summed E-state index contributed by atoms with van der Waals surface area (Å²) in [4.78, 5) is 42.3. The lowest BCUT2D eigenvalue weighted by molar-refractivity contribution is -0.134. The van der Waals surface area contributed by atoms with Gasteiger partial charge in [-0.25, -0.2) is 4.79 Å². The minimum Gasteiger partial charge on any atom is -0.496 e. The van der Waals surface area contributed by atoms with Crippen LogP contribution in [0.4, 0.5) is 4.79 Å². The van der Waals surface area contributed by atoms with E-state index in [0.717, 1.165) is 6.42 Å². The first-order valence-corrected chi connectivity index (χ1v) is 11.1. The van der Waals surface area contributed by atoms with Gasteiger partial charge >= 0.3 is 6.03 Å². The molecule has 1 aromatic heterocycles. The topological polar surface area (TPSA) is 92.1 Å². The van der Waals surface area contributed by atoms with Crippen molar-refractivity contribution in [2.75, 3.05) is 20.2 Å². The number of urea groups is 1. The number of nitrogens with one attached hydrogen (secondary N) is 1. The summed E-state index contributed by atoms with van der Waals surface area (Å²) in [7, 11) is 1.55. The highest BCUT2D eigenvalue weighted by Gasteiger charge is 2.55. The van der Waals surface area contributed by atoms with Crippen LogP contribution in [0, 0.1) is 5.92 Å². The molecule has 32 heavy (non-hydrogen) atoms. The van der Waals surface area contributed by atoms with E-state index in [-0.39, 0.29) is 30.3 Å². The third-order valence-electron chi connectivity index (χ3n) is 6.56. The predicted molar refractivity (Wildman–Crippen MR) is 117 cm³/mol. The molecule has 0 bridgehead atoms. The zero-order valence-corrected chi connectivity index (χ0v) is 18.5. The molecule has 3 heterocycles. The maximum absolute atomic E-state index is 13.5. The van der Waals surface area contributed by atoms with E-state index in [0.29, 0.717) is 49.4 Å². The van der Waals surface area contributed by atoms with Gasteiger partial charge in [0.1, 0.15) is 17.0 Å². The van der Waals surface area contributed by atoms with Crippen LogP contribution in [0.25, 0.3) is 0 Å². The minimum absolute atomic E-state index is 0.0396. The van der Waals surface area contributed by atoms with E-state index < -0.39 is 5.54 Å². The summed E-state index contributed by atoms with van der Waals surface area (Å²) in [6, 6.07) is 10.3. The van der Waals surface area contributed by atoms with Gasteiger partial charge in [-0.15, -0.1) is 0 Å². The van der Waals surface area contributed by atoms with Gasteiger partial charge in [-0.05, 0) is 49.4 Å². The number of furan rings is 1. The molecular weight excluding hydrogens is 410 g/mol. The van der Waals surface area contributed by atoms with Gasteiger partial charge in [0.05, 0.1) is 25.5 Å². The molecule has 1 aromatic carbocycles. The van der Waals surface area contributed by atoms with Crippen molar-refractivity contribution < 1.29 is 23.5 Å². The SMILES string of the molecule is CCCC1(C2CCN(C(=O)c3ccccc3OC)CC2)NC(=O)N(Cc2ccco2)C1=O. The molecule has 1 unspecified atom stereocenters. The monoisotopic (exact) mass is 439 g/mol. The Balaban J connectivity index is 1.48. The van der Waals surface area contributed by atoms with Crippen molar-refractivity contribution in [3.63, 3.8) is 0 Å². The van der Waals surface area contributed by atoms with Crippen LogP contribution in [-0.4, -0.2) is 53.4 Å². The Labute approximate surface area is 187 Å². The van der Waals surface area contributed by atoms with Crippen molar-refractivity contribution in [3.05, 3.63) is 54.0 Å². The predicted octanol–water partition coefficient (Wildman–Crippen LogP) is 3.43. The van der Waals surface area contributed by atoms with Crippen molar-refractivity contribution >= 4 is 17.8 Å². The molecule has 4 rings (SSSR count). The van der Waals surface area contributed by atoms with Gasteiger partial charge in [0.2, 0.25) is 0 Å². The van der Waals surface area contributed by atoms with E-state index >= 15 is 0 Å². The summed E-state index contributed by atoms with van der Waals surface area (Å²) < 4.78 is 10.7. The third-order valence-corrected chi connectivity index (χ3v) is 6.56. The second-order valence-corrected chi connectivity index (χ2v) is 8.39. The molecule has 2 aliphatic heterocycles. The molecule has 0 saturated carbocycles. The Hall–Kier alpha value is -3.29. The molecule has 2 aromatic rings. The van der Waals surface area contributed by atoms with E-state index in [1.165, 1.54) is 11.2 Å². The molecular formula is C24H29N3O5. The van der Waals surface area contributed by atoms with Gasteiger partial charge in [0.25, 0.3) is 11.8 Å². The number of carbonyl (C=O) groups is 3. The maximum Gasteiger partial charge on any atom is 0.325 e. The van der Waals surface area contributed by atoms with Crippen LogP contribution in [0.5, 0.6) is 5.75 Å². The summed E-state index contributed by atoms with van der Waals surface area (Å²) in [5, 5.41) is 3.02. The number of rotatable bonds is 7. The number of benzene rings is 1. The molecule has 2 aliphatic rings. The number of piperidine rings is 1. The second-order valence-electron chi connectivity index (χ2n) is 8.39. The molecule has 8 heteroatoms. The smallest absolute Gasteiger partial charge is 0.325 e. The van der Waals surface area contributed by atoms with Crippen LogP contribution in [-0.2, 0) is 11.3 Å². The van der Waals surface area contributed by atoms with Crippen molar-refractivity contribution in [1.29, 1.82) is 0 Å². The standard InChI is InChI=1S/C24H29N3O5/c1-3-12-24(22(29)27(23(30)25-24)16-18-7-6-15-32-18)17-10-13-26(14-11-17)21(28)19-8-4-5-9-20(19)31-2/h4-9,15,17H,3,10-14,16H2,1-2H3,(H,25,30). The Morgan fingerprint density at radius 3 is 2.59 bits per heavy atom. The van der Waals surface area contributed by atoms with Gasteiger partial charge in [0.15, 0.2) is 0 Å². The largest absolute Gasteiger partial charge is 0.496 e. The number of methoxy groups -OCH3 is 1. The lowest BCUT2D eigenvalue weighted by Gasteiger charge is -2.41. The number of para-hydroxylation sites is 1. The summed E-state index contributed by atoms with van der Waals surface area (Å²) in [5.74, 6) is 0.802. The highest BCUT2D eigenvalue weighted by Crippen LogP contribution is 2.38. The number of hydrogen-bond acceptors (Lipinski definition) is 5. The summed E-state index contributed by atoms with van der Waals surface area (Å²) in [5.41, 5.74) is -0.399. The number of amides is 4. The lowest BCUT2D eigenvalue weighted by atomic mass is 9.74. The number of ether oxygens (including phenoxy) is 1. The fraction of sp³-hybridized carbons (Fsp3) is 0.458. The third kappa shape index (κ3) is 3.85. The first-order chi connectivity index (χ1) is 15.5. The first-order valence-electron chi connectivity index (χ1n) is 11.1. The number of carbonyl (C=O) groups excluding carboxylic acids is 3. The van der Waals surface area contributed by atoms with Crippen LogP contribution in [0.15, 0.2) is 47.1 Å². The molecule has 1 atom stereocenters. The molecule has 0 radical (unpaired) electrons. The molecule has 170 valence electrons. The van der Waals surface area contributed by atoms with Crippen LogP contribution in [0.1, 0.15) is 48.7 Å². The molecule has 0 aliphatic carbocycles. The zero-order chi connectivity index (χ0) is 22.7. The van der Waals surface area contributed by atoms with E-state index in [1.807, 2.05) is 19.1 Å². The van der Waals surface area contributed by atoms with Gasteiger partial charge in [0, 0.05) is 13.1 Å². The Kier molecular flexibility index (Phi) is 6.21. The Morgan fingerprint density at radius 1 is 1.19 bits per heavy atom. The van der Waals surface area contributed by atoms with E-state index in [9.17, 15) is 14.4 Å². The van der Waals surface area contributed by atoms with Crippen LogP contribution in [0.2, 0.25) is 0 Å². The number of hydrogen-bond donors (Lipinski definition) is 1. The lowest BCUT2D eigenvalue weighted by Crippen LogP contribution is -2.56. The van der Waals surface area contributed by atoms with E-state index in [4.69, 9.17) is 9.15 Å². The van der Waals surface area contributed by atoms with Crippen LogP contribution < -0.4 is 10.1 Å². The zero-order valence-electron chi connectivity index (χ0n) is 18.5. The molecule has 8 nitrogen and oxygen atoms in total. The molecule has 2 fully saturated rings. The van der Waals surface area contributed by atoms with Crippen LogP contribution >= 0.6 is 0 Å². The van der Waals surface area contributed by atoms with Crippen molar-refractivity contribution in [2.45, 2.75) is 44.7 Å². The number of nitrogens with zero attached hydrogens (tertiary/aromatic N) is 2. The van der Waals surface area contributed by atoms with E-state index in [1.54, 1.807) is 36.3 Å². The number of imide groups is 1. The molecule has 1 N–H and O–H groups in total. The quantitative estimate of drug-likeness (QED) is 0.668. The Bertz CT molecular complexity index is 981. The highest BCUT2D eigenvalue weighted by molar-refractivity contribution is 6.07. The second kappa shape index (κ2) is 9.06. The van der Waals surface area contributed by atoms with Gasteiger partial charge < -0.3 is 19.4 Å². The summed E-state index contributed by atoms with van der Waals surface area (Å²) in [6.07, 6.45) is 4.14.